The standard InChI is InChI=1S/C31H29F3N6O2S/c1-19(2)24-5-3-4-6-27(24)39-15-16-43-30(39)37-29(41)36-26-17-25(26)20-7-9-21(10-8-20)28-35-18-40(38-28)22-11-13-23(14-12-22)42-31(32,33)34/h3-14,18-19,25-26H,15-17H2,1-2H3,(H,36,41)/b37-30-. The Balaban J connectivity index is 1.06. The van der Waals surface area contributed by atoms with E-state index >= 15 is 0 Å². The van der Waals surface area contributed by atoms with Crippen LogP contribution in [0.4, 0.5) is 23.7 Å². The number of rotatable bonds is 7. The maximum absolute atomic E-state index is 12.8. The lowest BCUT2D eigenvalue weighted by Crippen LogP contribution is -2.29. The molecular weight excluding hydrogens is 577 g/mol. The number of para-hydroxylation sites is 1. The molecule has 0 spiro atoms. The zero-order chi connectivity index (χ0) is 30.1. The van der Waals surface area contributed by atoms with E-state index in [9.17, 15) is 18.0 Å². The fraction of sp³-hybridized carbons (Fsp3) is 0.290. The van der Waals surface area contributed by atoms with Crippen molar-refractivity contribution in [1.29, 1.82) is 0 Å². The summed E-state index contributed by atoms with van der Waals surface area (Å²) in [4.78, 5) is 23.7. The number of carbonyl (C=O) groups excluding carboxylic acids is 1. The number of benzene rings is 3. The zero-order valence-electron chi connectivity index (χ0n) is 23.5. The van der Waals surface area contributed by atoms with Crippen LogP contribution >= 0.6 is 11.8 Å². The number of amidine groups is 1. The first-order valence-electron chi connectivity index (χ1n) is 13.9. The first-order valence-corrected chi connectivity index (χ1v) is 14.9. The van der Waals surface area contributed by atoms with Crippen molar-refractivity contribution >= 4 is 28.6 Å². The summed E-state index contributed by atoms with van der Waals surface area (Å²) in [5.74, 6) is 1.63. The van der Waals surface area contributed by atoms with Crippen molar-refractivity contribution in [3.63, 3.8) is 0 Å². The first-order chi connectivity index (χ1) is 20.6. The number of aromatic nitrogens is 3. The van der Waals surface area contributed by atoms with Crippen LogP contribution in [0.3, 0.4) is 0 Å². The van der Waals surface area contributed by atoms with Gasteiger partial charge in [0.15, 0.2) is 11.0 Å². The number of ether oxygens (including phenoxy) is 1. The second kappa shape index (κ2) is 11.8. The van der Waals surface area contributed by atoms with Gasteiger partial charge in [-0.2, -0.15) is 4.99 Å². The molecule has 0 bridgehead atoms. The third-order valence-electron chi connectivity index (χ3n) is 7.35. The van der Waals surface area contributed by atoms with E-state index in [-0.39, 0.29) is 23.7 Å². The Kier molecular flexibility index (Phi) is 7.87. The molecule has 1 aliphatic heterocycles. The number of hydrogen-bond acceptors (Lipinski definition) is 5. The van der Waals surface area contributed by atoms with E-state index in [4.69, 9.17) is 0 Å². The van der Waals surface area contributed by atoms with Crippen LogP contribution in [-0.4, -0.2) is 50.7 Å². The van der Waals surface area contributed by atoms with Gasteiger partial charge in [-0.25, -0.2) is 14.5 Å². The van der Waals surface area contributed by atoms with Gasteiger partial charge < -0.3 is 15.0 Å². The summed E-state index contributed by atoms with van der Waals surface area (Å²) in [6.07, 6.45) is -2.41. The SMILES string of the molecule is CC(C)c1ccccc1N1CCS/C1=N\C(=O)NC1CC1c1ccc(-c2ncn(-c3ccc(OC(F)(F)F)cc3)n2)cc1. The van der Waals surface area contributed by atoms with E-state index in [0.29, 0.717) is 17.4 Å². The summed E-state index contributed by atoms with van der Waals surface area (Å²) in [5, 5.41) is 8.24. The van der Waals surface area contributed by atoms with Gasteiger partial charge in [-0.3, -0.25) is 0 Å². The van der Waals surface area contributed by atoms with E-state index in [1.807, 2.05) is 36.4 Å². The fourth-order valence-electron chi connectivity index (χ4n) is 5.14. The molecule has 1 saturated carbocycles. The average Bonchev–Trinajstić information content (AvgIpc) is 3.33. The summed E-state index contributed by atoms with van der Waals surface area (Å²) >= 11 is 1.60. The number of carbonyl (C=O) groups is 1. The van der Waals surface area contributed by atoms with Gasteiger partial charge in [-0.1, -0.05) is 68.1 Å². The van der Waals surface area contributed by atoms with Crippen LogP contribution in [0.5, 0.6) is 5.75 Å². The number of nitrogens with zero attached hydrogens (tertiary/aromatic N) is 5. The van der Waals surface area contributed by atoms with Gasteiger partial charge in [0, 0.05) is 35.5 Å². The van der Waals surface area contributed by atoms with Gasteiger partial charge in [-0.15, -0.1) is 18.3 Å². The highest BCUT2D eigenvalue weighted by molar-refractivity contribution is 8.14. The number of aliphatic imine (C=N–C) groups is 1. The Morgan fingerprint density at radius 3 is 2.53 bits per heavy atom. The number of amides is 2. The monoisotopic (exact) mass is 606 g/mol. The van der Waals surface area contributed by atoms with Crippen LogP contribution in [0.2, 0.25) is 0 Å². The summed E-state index contributed by atoms with van der Waals surface area (Å²) in [6, 6.07) is 21.2. The van der Waals surface area contributed by atoms with Crippen molar-refractivity contribution in [2.24, 2.45) is 4.99 Å². The predicted octanol–water partition coefficient (Wildman–Crippen LogP) is 7.13. The molecule has 12 heteroatoms. The van der Waals surface area contributed by atoms with Crippen LogP contribution in [0.1, 0.15) is 43.2 Å². The third-order valence-corrected chi connectivity index (χ3v) is 8.30. The minimum atomic E-state index is -4.74. The van der Waals surface area contributed by atoms with Crippen LogP contribution in [0, 0.1) is 0 Å². The van der Waals surface area contributed by atoms with E-state index in [0.717, 1.165) is 40.7 Å². The molecule has 2 aliphatic rings. The first kappa shape index (κ1) is 28.8. The van der Waals surface area contributed by atoms with Crippen LogP contribution < -0.4 is 15.0 Å². The second-order valence-electron chi connectivity index (χ2n) is 10.7. The molecule has 3 aromatic carbocycles. The van der Waals surface area contributed by atoms with E-state index in [1.54, 1.807) is 11.8 Å². The Hall–Kier alpha value is -4.32. The topological polar surface area (TPSA) is 84.6 Å². The molecular formula is C31H29F3N6O2S. The highest BCUT2D eigenvalue weighted by Crippen LogP contribution is 2.41. The predicted molar refractivity (Wildman–Crippen MR) is 161 cm³/mol. The highest BCUT2D eigenvalue weighted by atomic mass is 32.2. The van der Waals surface area contributed by atoms with Crippen molar-refractivity contribution < 1.29 is 22.7 Å². The molecule has 2 atom stereocenters. The van der Waals surface area contributed by atoms with Crippen molar-refractivity contribution in [1.82, 2.24) is 20.1 Å². The van der Waals surface area contributed by atoms with E-state index in [2.05, 4.69) is 56.0 Å². The Morgan fingerprint density at radius 1 is 1.07 bits per heavy atom. The molecule has 6 rings (SSSR count). The van der Waals surface area contributed by atoms with Crippen molar-refractivity contribution in [3.8, 4) is 22.8 Å². The van der Waals surface area contributed by atoms with E-state index < -0.39 is 6.36 Å². The van der Waals surface area contributed by atoms with Crippen molar-refractivity contribution in [3.05, 3.63) is 90.3 Å². The van der Waals surface area contributed by atoms with Gasteiger partial charge in [0.05, 0.1) is 5.69 Å². The molecule has 222 valence electrons. The van der Waals surface area contributed by atoms with Gasteiger partial charge in [0.1, 0.15) is 12.1 Å². The number of urea groups is 1. The maximum Gasteiger partial charge on any atom is 0.573 e. The van der Waals surface area contributed by atoms with Crippen LogP contribution in [0.25, 0.3) is 17.1 Å². The largest absolute Gasteiger partial charge is 0.573 e. The molecule has 1 aromatic heterocycles. The summed E-state index contributed by atoms with van der Waals surface area (Å²) in [7, 11) is 0. The molecule has 2 heterocycles. The molecule has 0 radical (unpaired) electrons. The number of halogens is 3. The second-order valence-corrected chi connectivity index (χ2v) is 11.7. The lowest BCUT2D eigenvalue weighted by atomic mass is 10.0. The average molecular weight is 607 g/mol. The van der Waals surface area contributed by atoms with Crippen molar-refractivity contribution in [2.75, 3.05) is 17.2 Å². The molecule has 4 aromatic rings. The molecule has 43 heavy (non-hydrogen) atoms. The fourth-order valence-corrected chi connectivity index (χ4v) is 6.09. The van der Waals surface area contributed by atoms with Crippen molar-refractivity contribution in [2.45, 2.75) is 44.5 Å². The highest BCUT2D eigenvalue weighted by Gasteiger charge is 2.40. The molecule has 1 saturated heterocycles. The lowest BCUT2D eigenvalue weighted by molar-refractivity contribution is -0.274. The Bertz CT molecular complexity index is 1640. The number of alkyl halides is 3. The van der Waals surface area contributed by atoms with Crippen LogP contribution in [-0.2, 0) is 0 Å². The van der Waals surface area contributed by atoms with Gasteiger partial charge in [0.2, 0.25) is 0 Å². The maximum atomic E-state index is 12.8. The molecule has 2 amide bonds. The smallest absolute Gasteiger partial charge is 0.406 e. The molecule has 2 fully saturated rings. The number of thioether (sulfide) groups is 1. The van der Waals surface area contributed by atoms with Gasteiger partial charge in [0.25, 0.3) is 0 Å². The van der Waals surface area contributed by atoms with Gasteiger partial charge >= 0.3 is 12.4 Å². The third kappa shape index (κ3) is 6.69. The van der Waals surface area contributed by atoms with E-state index in [1.165, 1.54) is 40.8 Å². The normalized spacial score (nSPS) is 19.2. The number of nitrogens with one attached hydrogen (secondary N) is 1. The number of anilines is 1. The Labute approximate surface area is 251 Å². The molecule has 1 aliphatic carbocycles. The minimum absolute atomic E-state index is 0.0205. The summed E-state index contributed by atoms with van der Waals surface area (Å²) < 4.78 is 42.6. The molecule has 2 unspecified atom stereocenters. The Morgan fingerprint density at radius 2 is 1.81 bits per heavy atom. The summed E-state index contributed by atoms with van der Waals surface area (Å²) in [6.45, 7) is 5.14. The van der Waals surface area contributed by atoms with Gasteiger partial charge in [-0.05, 0) is 53.8 Å². The van der Waals surface area contributed by atoms with Crippen LogP contribution in [0.15, 0.2) is 84.1 Å². The number of hydrogen-bond donors (Lipinski definition) is 1. The summed E-state index contributed by atoms with van der Waals surface area (Å²) in [5.41, 5.74) is 4.79. The molecule has 1 N–H and O–H groups in total. The molecule has 8 nitrogen and oxygen atoms in total. The minimum Gasteiger partial charge on any atom is -0.406 e. The zero-order valence-corrected chi connectivity index (χ0v) is 24.3. The lowest BCUT2D eigenvalue weighted by Gasteiger charge is -2.23. The quantitative estimate of drug-likeness (QED) is 0.241.